The maximum absolute atomic E-state index is 12.4. The average molecular weight is 361 g/mol. The topological polar surface area (TPSA) is 47.6 Å². The van der Waals surface area contributed by atoms with Gasteiger partial charge in [-0.15, -0.1) is 0 Å². The number of amides is 1. The lowest BCUT2D eigenvalue weighted by Crippen LogP contribution is -2.30. The molecule has 27 heavy (non-hydrogen) atoms. The third kappa shape index (κ3) is 5.11. The Hall–Kier alpha value is -3.27. The number of carbonyl (C=O) groups is 1. The van der Waals surface area contributed by atoms with Crippen molar-refractivity contribution in [3.05, 3.63) is 84.4 Å². The first-order valence-electron chi connectivity index (χ1n) is 9.04. The standard InChI is InChI=1S/C23H23NO3/c1-3-18-9-7-8-12-22(18)26-17(2)23(25)24-19-13-15-21(16-14-19)27-20-10-5-4-6-11-20/h4-17H,3H2,1-2H3,(H,24,25)/t17-/m0/s1. The van der Waals surface area contributed by atoms with E-state index in [0.717, 1.165) is 23.5 Å². The van der Waals surface area contributed by atoms with Gasteiger partial charge in [0, 0.05) is 5.69 Å². The van der Waals surface area contributed by atoms with Gasteiger partial charge in [-0.3, -0.25) is 4.79 Å². The molecular formula is C23H23NO3. The van der Waals surface area contributed by atoms with Gasteiger partial charge in [-0.05, 0) is 61.4 Å². The van der Waals surface area contributed by atoms with E-state index in [1.165, 1.54) is 0 Å². The lowest BCUT2D eigenvalue weighted by Gasteiger charge is -2.17. The molecule has 0 bridgehead atoms. The highest BCUT2D eigenvalue weighted by molar-refractivity contribution is 5.94. The molecule has 4 heteroatoms. The van der Waals surface area contributed by atoms with Crippen molar-refractivity contribution in [2.45, 2.75) is 26.4 Å². The Bertz CT molecular complexity index is 876. The van der Waals surface area contributed by atoms with Crippen LogP contribution in [0.3, 0.4) is 0 Å². The third-order valence-corrected chi connectivity index (χ3v) is 4.13. The van der Waals surface area contributed by atoms with E-state index in [9.17, 15) is 4.79 Å². The predicted molar refractivity (Wildman–Crippen MR) is 107 cm³/mol. The summed E-state index contributed by atoms with van der Waals surface area (Å²) in [5.74, 6) is 2.03. The van der Waals surface area contributed by atoms with Gasteiger partial charge in [-0.2, -0.15) is 0 Å². The Kier molecular flexibility index (Phi) is 6.10. The summed E-state index contributed by atoms with van der Waals surface area (Å²) in [5.41, 5.74) is 1.78. The highest BCUT2D eigenvalue weighted by Crippen LogP contribution is 2.23. The van der Waals surface area contributed by atoms with E-state index in [1.54, 1.807) is 6.92 Å². The number of benzene rings is 3. The van der Waals surface area contributed by atoms with Gasteiger partial charge in [0.15, 0.2) is 6.10 Å². The molecular weight excluding hydrogens is 338 g/mol. The largest absolute Gasteiger partial charge is 0.481 e. The number of nitrogens with one attached hydrogen (secondary N) is 1. The zero-order chi connectivity index (χ0) is 19.1. The summed E-state index contributed by atoms with van der Waals surface area (Å²) >= 11 is 0. The number of rotatable bonds is 7. The van der Waals surface area contributed by atoms with Gasteiger partial charge in [-0.1, -0.05) is 43.3 Å². The maximum atomic E-state index is 12.4. The van der Waals surface area contributed by atoms with Crippen LogP contribution in [-0.4, -0.2) is 12.0 Å². The van der Waals surface area contributed by atoms with Crippen molar-refractivity contribution in [1.29, 1.82) is 0 Å². The SMILES string of the molecule is CCc1ccccc1O[C@@H](C)C(=O)Nc1ccc(Oc2ccccc2)cc1. The van der Waals surface area contributed by atoms with E-state index in [1.807, 2.05) is 78.9 Å². The molecule has 4 nitrogen and oxygen atoms in total. The third-order valence-electron chi connectivity index (χ3n) is 4.13. The summed E-state index contributed by atoms with van der Waals surface area (Å²) in [4.78, 5) is 12.4. The first-order valence-corrected chi connectivity index (χ1v) is 9.04. The molecule has 1 amide bonds. The van der Waals surface area contributed by atoms with E-state index >= 15 is 0 Å². The van der Waals surface area contributed by atoms with Crippen LogP contribution >= 0.6 is 0 Å². The van der Waals surface area contributed by atoms with E-state index in [-0.39, 0.29) is 5.91 Å². The number of hydrogen-bond acceptors (Lipinski definition) is 3. The van der Waals surface area contributed by atoms with Crippen molar-refractivity contribution < 1.29 is 14.3 Å². The normalized spacial score (nSPS) is 11.5. The van der Waals surface area contributed by atoms with Crippen LogP contribution in [0, 0.1) is 0 Å². The van der Waals surface area contributed by atoms with Crippen molar-refractivity contribution in [2.75, 3.05) is 5.32 Å². The molecule has 3 aromatic rings. The number of ether oxygens (including phenoxy) is 2. The second-order valence-corrected chi connectivity index (χ2v) is 6.15. The minimum absolute atomic E-state index is 0.197. The smallest absolute Gasteiger partial charge is 0.265 e. The zero-order valence-corrected chi connectivity index (χ0v) is 15.5. The van der Waals surface area contributed by atoms with Crippen LogP contribution < -0.4 is 14.8 Å². The van der Waals surface area contributed by atoms with E-state index < -0.39 is 6.10 Å². The monoisotopic (exact) mass is 361 g/mol. The molecule has 0 saturated carbocycles. The summed E-state index contributed by atoms with van der Waals surface area (Å²) in [6, 6.07) is 24.6. The first kappa shape index (κ1) is 18.5. The molecule has 0 unspecified atom stereocenters. The van der Waals surface area contributed by atoms with Gasteiger partial charge in [0.05, 0.1) is 0 Å². The molecule has 138 valence electrons. The average Bonchev–Trinajstić information content (AvgIpc) is 2.70. The Labute approximate surface area is 159 Å². The highest BCUT2D eigenvalue weighted by atomic mass is 16.5. The van der Waals surface area contributed by atoms with Crippen LogP contribution in [0.2, 0.25) is 0 Å². The Morgan fingerprint density at radius 2 is 1.52 bits per heavy atom. The molecule has 1 N–H and O–H groups in total. The summed E-state index contributed by atoms with van der Waals surface area (Å²) in [7, 11) is 0. The summed E-state index contributed by atoms with van der Waals surface area (Å²) in [6.07, 6.45) is 0.255. The van der Waals surface area contributed by atoms with Gasteiger partial charge < -0.3 is 14.8 Å². The fraction of sp³-hybridized carbons (Fsp3) is 0.174. The maximum Gasteiger partial charge on any atom is 0.265 e. The summed E-state index contributed by atoms with van der Waals surface area (Å²) < 4.78 is 11.6. The molecule has 0 aliphatic carbocycles. The van der Waals surface area contributed by atoms with Crippen LogP contribution in [0.5, 0.6) is 17.2 Å². The number of carbonyl (C=O) groups excluding carboxylic acids is 1. The lowest BCUT2D eigenvalue weighted by atomic mass is 10.1. The molecule has 0 saturated heterocycles. The van der Waals surface area contributed by atoms with Crippen LogP contribution in [0.15, 0.2) is 78.9 Å². The summed E-state index contributed by atoms with van der Waals surface area (Å²) in [6.45, 7) is 3.81. The molecule has 3 rings (SSSR count). The van der Waals surface area contributed by atoms with Crippen molar-refractivity contribution in [3.63, 3.8) is 0 Å². The fourth-order valence-electron chi connectivity index (χ4n) is 2.63. The molecule has 0 heterocycles. The number of aryl methyl sites for hydroxylation is 1. The van der Waals surface area contributed by atoms with Gasteiger partial charge in [0.25, 0.3) is 5.91 Å². The predicted octanol–water partition coefficient (Wildman–Crippen LogP) is 5.45. The minimum Gasteiger partial charge on any atom is -0.481 e. The number of hydrogen-bond donors (Lipinski definition) is 1. The van der Waals surface area contributed by atoms with Crippen molar-refractivity contribution in [3.8, 4) is 17.2 Å². The van der Waals surface area contributed by atoms with Crippen LogP contribution in [0.4, 0.5) is 5.69 Å². The molecule has 1 atom stereocenters. The van der Waals surface area contributed by atoms with Crippen LogP contribution in [0.25, 0.3) is 0 Å². The van der Waals surface area contributed by atoms with Crippen molar-refractivity contribution in [1.82, 2.24) is 0 Å². The Morgan fingerprint density at radius 3 is 2.22 bits per heavy atom. The number of para-hydroxylation sites is 2. The summed E-state index contributed by atoms with van der Waals surface area (Å²) in [5, 5.41) is 2.87. The van der Waals surface area contributed by atoms with E-state index in [4.69, 9.17) is 9.47 Å². The Morgan fingerprint density at radius 1 is 0.889 bits per heavy atom. The Balaban J connectivity index is 1.58. The second kappa shape index (κ2) is 8.90. The van der Waals surface area contributed by atoms with Gasteiger partial charge >= 0.3 is 0 Å². The van der Waals surface area contributed by atoms with Crippen molar-refractivity contribution in [2.24, 2.45) is 0 Å². The van der Waals surface area contributed by atoms with Gasteiger partial charge in [-0.25, -0.2) is 0 Å². The quantitative estimate of drug-likeness (QED) is 0.609. The fourth-order valence-corrected chi connectivity index (χ4v) is 2.63. The van der Waals surface area contributed by atoms with Crippen LogP contribution in [0.1, 0.15) is 19.4 Å². The zero-order valence-electron chi connectivity index (χ0n) is 15.5. The lowest BCUT2D eigenvalue weighted by molar-refractivity contribution is -0.122. The van der Waals surface area contributed by atoms with Gasteiger partial charge in [0.1, 0.15) is 17.2 Å². The molecule has 0 aliphatic heterocycles. The highest BCUT2D eigenvalue weighted by Gasteiger charge is 2.16. The molecule has 0 aromatic heterocycles. The molecule has 3 aromatic carbocycles. The van der Waals surface area contributed by atoms with Crippen LogP contribution in [-0.2, 0) is 11.2 Å². The van der Waals surface area contributed by atoms with E-state index in [2.05, 4.69) is 12.2 Å². The first-order chi connectivity index (χ1) is 13.2. The molecule has 0 spiro atoms. The van der Waals surface area contributed by atoms with Gasteiger partial charge in [0.2, 0.25) is 0 Å². The molecule has 0 aliphatic rings. The van der Waals surface area contributed by atoms with E-state index in [0.29, 0.717) is 11.4 Å². The second-order valence-electron chi connectivity index (χ2n) is 6.15. The molecule has 0 radical (unpaired) electrons. The number of anilines is 1. The molecule has 0 fully saturated rings. The minimum atomic E-state index is -0.599. The van der Waals surface area contributed by atoms with Crippen molar-refractivity contribution >= 4 is 11.6 Å².